The number of carbonyl (C=O) groups is 1. The summed E-state index contributed by atoms with van der Waals surface area (Å²) in [5.74, 6) is 1.63. The minimum absolute atomic E-state index is 0.166. The minimum Gasteiger partial charge on any atom is -0.493 e. The average molecular weight is 308 g/mol. The molecule has 1 aromatic carbocycles. The number of hydrogen-bond acceptors (Lipinski definition) is 5. The third-order valence-corrected chi connectivity index (χ3v) is 4.21. The molecule has 1 aliphatic carbocycles. The van der Waals surface area contributed by atoms with E-state index in [1.165, 1.54) is 0 Å². The van der Waals surface area contributed by atoms with Crippen molar-refractivity contribution in [1.82, 2.24) is 0 Å². The predicted octanol–water partition coefficient (Wildman–Crippen LogP) is 3.12. The summed E-state index contributed by atoms with van der Waals surface area (Å²) in [7, 11) is 3.16. The van der Waals surface area contributed by atoms with Crippen molar-refractivity contribution in [2.75, 3.05) is 27.4 Å². The van der Waals surface area contributed by atoms with Crippen molar-refractivity contribution in [2.45, 2.75) is 33.1 Å². The second kappa shape index (κ2) is 6.90. The van der Waals surface area contributed by atoms with Gasteiger partial charge in [-0.1, -0.05) is 12.5 Å². The Morgan fingerprint density at radius 2 is 1.91 bits per heavy atom. The van der Waals surface area contributed by atoms with E-state index in [9.17, 15) is 4.79 Å². The van der Waals surface area contributed by atoms with Gasteiger partial charge in [0.05, 0.1) is 20.8 Å². The van der Waals surface area contributed by atoms with Gasteiger partial charge in [-0.25, -0.2) is 0 Å². The molecule has 1 fully saturated rings. The van der Waals surface area contributed by atoms with E-state index in [1.54, 1.807) is 14.2 Å². The molecular weight excluding hydrogens is 284 g/mol. The van der Waals surface area contributed by atoms with E-state index >= 15 is 0 Å². The molecule has 22 heavy (non-hydrogen) atoms. The molecule has 5 nitrogen and oxygen atoms in total. The van der Waals surface area contributed by atoms with Crippen molar-refractivity contribution in [1.29, 1.82) is 0 Å². The molecular formula is C17H24O5. The lowest BCUT2D eigenvalue weighted by atomic mass is 9.69. The van der Waals surface area contributed by atoms with Gasteiger partial charge in [0.1, 0.15) is 12.0 Å². The second-order valence-corrected chi connectivity index (χ2v) is 5.59. The van der Waals surface area contributed by atoms with Gasteiger partial charge in [-0.3, -0.25) is 4.79 Å². The SMILES string of the molecule is CCOC(=O)C1(COc2c(C)ccc(OC)c2OC)CCC1. The zero-order chi connectivity index (χ0) is 16.2. The van der Waals surface area contributed by atoms with Gasteiger partial charge in [0.2, 0.25) is 5.75 Å². The first-order valence-electron chi connectivity index (χ1n) is 7.59. The largest absolute Gasteiger partial charge is 0.493 e. The first-order chi connectivity index (χ1) is 10.6. The Kier molecular flexibility index (Phi) is 5.16. The van der Waals surface area contributed by atoms with Crippen LogP contribution in [-0.2, 0) is 9.53 Å². The topological polar surface area (TPSA) is 54.0 Å². The highest BCUT2D eigenvalue weighted by Crippen LogP contribution is 2.45. The van der Waals surface area contributed by atoms with Gasteiger partial charge in [0, 0.05) is 0 Å². The Morgan fingerprint density at radius 3 is 2.41 bits per heavy atom. The Morgan fingerprint density at radius 1 is 1.18 bits per heavy atom. The number of ether oxygens (including phenoxy) is 4. The van der Waals surface area contributed by atoms with Crippen molar-refractivity contribution in [3.8, 4) is 17.2 Å². The minimum atomic E-state index is -0.517. The molecule has 0 spiro atoms. The molecule has 1 saturated carbocycles. The molecule has 0 heterocycles. The zero-order valence-corrected chi connectivity index (χ0v) is 13.7. The van der Waals surface area contributed by atoms with Crippen LogP contribution in [0.4, 0.5) is 0 Å². The summed E-state index contributed by atoms with van der Waals surface area (Å²) in [6, 6.07) is 3.75. The monoisotopic (exact) mass is 308 g/mol. The molecule has 0 radical (unpaired) electrons. The average Bonchev–Trinajstić information content (AvgIpc) is 2.47. The lowest BCUT2D eigenvalue weighted by Crippen LogP contribution is -2.44. The fourth-order valence-corrected chi connectivity index (χ4v) is 2.68. The third kappa shape index (κ3) is 2.98. The second-order valence-electron chi connectivity index (χ2n) is 5.59. The van der Waals surface area contributed by atoms with Crippen LogP contribution in [0.2, 0.25) is 0 Å². The van der Waals surface area contributed by atoms with Crippen LogP contribution in [-0.4, -0.2) is 33.4 Å². The number of esters is 1. The fraction of sp³-hybridized carbons (Fsp3) is 0.588. The van der Waals surface area contributed by atoms with Crippen molar-refractivity contribution in [3.05, 3.63) is 17.7 Å². The van der Waals surface area contributed by atoms with Crippen LogP contribution in [0.25, 0.3) is 0 Å². The zero-order valence-electron chi connectivity index (χ0n) is 13.7. The molecule has 0 atom stereocenters. The Bertz CT molecular complexity index is 534. The number of carbonyl (C=O) groups excluding carboxylic acids is 1. The molecule has 0 N–H and O–H groups in total. The van der Waals surface area contributed by atoms with Gasteiger partial charge in [0.15, 0.2) is 11.5 Å². The smallest absolute Gasteiger partial charge is 0.315 e. The van der Waals surface area contributed by atoms with E-state index in [0.29, 0.717) is 30.5 Å². The van der Waals surface area contributed by atoms with Crippen LogP contribution in [0.1, 0.15) is 31.7 Å². The Labute approximate surface area is 131 Å². The number of methoxy groups -OCH3 is 2. The normalized spacial score (nSPS) is 15.6. The molecule has 2 rings (SSSR count). The summed E-state index contributed by atoms with van der Waals surface area (Å²) in [5.41, 5.74) is 0.423. The van der Waals surface area contributed by atoms with Gasteiger partial charge in [-0.05, 0) is 38.3 Å². The van der Waals surface area contributed by atoms with Crippen LogP contribution < -0.4 is 14.2 Å². The standard InChI is InChI=1S/C17H24O5/c1-5-21-16(18)17(9-6-10-17)11-22-14-12(2)7-8-13(19-3)15(14)20-4/h7-8H,5-6,9-11H2,1-4H3. The van der Waals surface area contributed by atoms with E-state index in [2.05, 4.69) is 0 Å². The highest BCUT2D eigenvalue weighted by atomic mass is 16.5. The van der Waals surface area contributed by atoms with Crippen molar-refractivity contribution >= 4 is 5.97 Å². The summed E-state index contributed by atoms with van der Waals surface area (Å²) >= 11 is 0. The number of aryl methyl sites for hydroxylation is 1. The van der Waals surface area contributed by atoms with Crippen LogP contribution in [0.3, 0.4) is 0 Å². The van der Waals surface area contributed by atoms with Crippen LogP contribution in [0.15, 0.2) is 12.1 Å². The summed E-state index contributed by atoms with van der Waals surface area (Å²) in [6.07, 6.45) is 2.63. The molecule has 122 valence electrons. The van der Waals surface area contributed by atoms with Crippen molar-refractivity contribution in [2.24, 2.45) is 5.41 Å². The summed E-state index contributed by atoms with van der Waals surface area (Å²) < 4.78 is 21.9. The third-order valence-electron chi connectivity index (χ3n) is 4.21. The number of benzene rings is 1. The van der Waals surface area contributed by atoms with Gasteiger partial charge >= 0.3 is 5.97 Å². The summed E-state index contributed by atoms with van der Waals surface area (Å²) in [5, 5.41) is 0. The van der Waals surface area contributed by atoms with E-state index in [0.717, 1.165) is 24.8 Å². The van der Waals surface area contributed by atoms with Gasteiger partial charge < -0.3 is 18.9 Å². The predicted molar refractivity (Wildman–Crippen MR) is 82.7 cm³/mol. The fourth-order valence-electron chi connectivity index (χ4n) is 2.68. The van der Waals surface area contributed by atoms with E-state index in [-0.39, 0.29) is 5.97 Å². The summed E-state index contributed by atoms with van der Waals surface area (Å²) in [6.45, 7) is 4.45. The molecule has 0 bridgehead atoms. The molecule has 1 aromatic rings. The highest BCUT2D eigenvalue weighted by Gasteiger charge is 2.46. The maximum Gasteiger partial charge on any atom is 0.315 e. The van der Waals surface area contributed by atoms with E-state index < -0.39 is 5.41 Å². The first kappa shape index (κ1) is 16.5. The Hall–Kier alpha value is -1.91. The molecule has 0 aliphatic heterocycles. The van der Waals surface area contributed by atoms with Gasteiger partial charge in [0.25, 0.3) is 0 Å². The Balaban J connectivity index is 2.18. The quantitative estimate of drug-likeness (QED) is 0.724. The lowest BCUT2D eigenvalue weighted by molar-refractivity contribution is -0.163. The van der Waals surface area contributed by atoms with Crippen LogP contribution in [0.5, 0.6) is 17.2 Å². The molecule has 0 amide bonds. The molecule has 5 heteroatoms. The number of rotatable bonds is 7. The maximum absolute atomic E-state index is 12.2. The van der Waals surface area contributed by atoms with Gasteiger partial charge in [-0.15, -0.1) is 0 Å². The van der Waals surface area contributed by atoms with E-state index in [4.69, 9.17) is 18.9 Å². The van der Waals surface area contributed by atoms with Crippen molar-refractivity contribution < 1.29 is 23.7 Å². The summed E-state index contributed by atoms with van der Waals surface area (Å²) in [4.78, 5) is 12.2. The van der Waals surface area contributed by atoms with Crippen molar-refractivity contribution in [3.63, 3.8) is 0 Å². The van der Waals surface area contributed by atoms with E-state index in [1.807, 2.05) is 26.0 Å². The molecule has 1 aliphatic rings. The molecule has 0 aromatic heterocycles. The molecule has 0 saturated heterocycles. The van der Waals surface area contributed by atoms with Crippen LogP contribution >= 0.6 is 0 Å². The van der Waals surface area contributed by atoms with Crippen LogP contribution in [0, 0.1) is 12.3 Å². The maximum atomic E-state index is 12.2. The lowest BCUT2D eigenvalue weighted by Gasteiger charge is -2.38. The molecule has 0 unspecified atom stereocenters. The highest BCUT2D eigenvalue weighted by molar-refractivity contribution is 5.78. The van der Waals surface area contributed by atoms with Gasteiger partial charge in [-0.2, -0.15) is 0 Å². The number of hydrogen-bond donors (Lipinski definition) is 0. The first-order valence-corrected chi connectivity index (χ1v) is 7.59.